The van der Waals surface area contributed by atoms with E-state index in [1.807, 2.05) is 29.2 Å². The predicted molar refractivity (Wildman–Crippen MR) is 131 cm³/mol. The van der Waals surface area contributed by atoms with Crippen molar-refractivity contribution in [3.8, 4) is 0 Å². The fourth-order valence-corrected chi connectivity index (χ4v) is 4.23. The second-order valence-electron chi connectivity index (χ2n) is 8.31. The molecular formula is C25H29N5O4. The molecule has 1 aliphatic heterocycles. The Kier molecular flexibility index (Phi) is 7.10. The van der Waals surface area contributed by atoms with Crippen LogP contribution in [0, 0.1) is 0 Å². The number of methoxy groups -OCH3 is 1. The number of carbonyl (C=O) groups excluding carboxylic acids is 2. The molecule has 0 atom stereocenters. The summed E-state index contributed by atoms with van der Waals surface area (Å²) in [7, 11) is 1.32. The van der Waals surface area contributed by atoms with Crippen LogP contribution in [-0.2, 0) is 11.3 Å². The van der Waals surface area contributed by atoms with Crippen LogP contribution in [0.15, 0.2) is 53.3 Å². The first-order valence-corrected chi connectivity index (χ1v) is 11.5. The van der Waals surface area contributed by atoms with Gasteiger partial charge in [0.1, 0.15) is 0 Å². The Morgan fingerprint density at radius 3 is 2.47 bits per heavy atom. The maximum atomic E-state index is 13.2. The first-order chi connectivity index (χ1) is 16.5. The molecule has 34 heavy (non-hydrogen) atoms. The number of nitrogens with one attached hydrogen (secondary N) is 2. The first kappa shape index (κ1) is 23.3. The number of aromatic nitrogens is 2. The maximum absolute atomic E-state index is 13.2. The van der Waals surface area contributed by atoms with E-state index >= 15 is 0 Å². The van der Waals surface area contributed by atoms with E-state index < -0.39 is 5.97 Å². The van der Waals surface area contributed by atoms with Crippen molar-refractivity contribution in [3.63, 3.8) is 0 Å². The Hall–Kier alpha value is -3.88. The zero-order valence-electron chi connectivity index (χ0n) is 19.4. The molecule has 0 aliphatic carbocycles. The Labute approximate surface area is 197 Å². The lowest BCUT2D eigenvalue weighted by Crippen LogP contribution is -2.47. The monoisotopic (exact) mass is 463 g/mol. The highest BCUT2D eigenvalue weighted by molar-refractivity contribution is 5.92. The summed E-state index contributed by atoms with van der Waals surface area (Å²) >= 11 is 0. The molecule has 1 saturated heterocycles. The van der Waals surface area contributed by atoms with Gasteiger partial charge in [-0.05, 0) is 55.7 Å². The average molecular weight is 464 g/mol. The summed E-state index contributed by atoms with van der Waals surface area (Å²) in [4.78, 5) is 43.8. The minimum Gasteiger partial charge on any atom is -0.465 e. The molecule has 2 N–H and O–H groups in total. The van der Waals surface area contributed by atoms with Gasteiger partial charge in [0.15, 0.2) is 5.82 Å². The molecule has 0 bridgehead atoms. The quantitative estimate of drug-likeness (QED) is 0.543. The third-order valence-corrected chi connectivity index (χ3v) is 5.98. The SMILES string of the molecule is CCCn1c(=O)c(N2CCC(NC(=O)Nc3ccc(C(=O)OC)cc3)CC2)nc2ccccc21. The van der Waals surface area contributed by atoms with E-state index in [4.69, 9.17) is 0 Å². The highest BCUT2D eigenvalue weighted by atomic mass is 16.5. The van der Waals surface area contributed by atoms with E-state index in [2.05, 4.69) is 27.3 Å². The standard InChI is InChI=1S/C25H29N5O4/c1-3-14-30-21-7-5-4-6-20(21)28-22(23(30)31)29-15-12-19(13-16-29)27-25(33)26-18-10-8-17(9-11-18)24(32)34-2/h4-11,19H,3,12-16H2,1-2H3,(H2,26,27,33). The third-order valence-electron chi connectivity index (χ3n) is 5.98. The fourth-order valence-electron chi connectivity index (χ4n) is 4.23. The number of fused-ring (bicyclic) bond motifs is 1. The van der Waals surface area contributed by atoms with Gasteiger partial charge < -0.3 is 24.8 Å². The van der Waals surface area contributed by atoms with Crippen molar-refractivity contribution in [2.45, 2.75) is 38.8 Å². The van der Waals surface area contributed by atoms with Crippen molar-refractivity contribution in [1.82, 2.24) is 14.9 Å². The number of amides is 2. The largest absolute Gasteiger partial charge is 0.465 e. The van der Waals surface area contributed by atoms with E-state index in [0.717, 1.165) is 17.5 Å². The number of esters is 1. The van der Waals surface area contributed by atoms with Gasteiger partial charge in [-0.1, -0.05) is 19.1 Å². The molecule has 2 amide bonds. The van der Waals surface area contributed by atoms with Gasteiger partial charge in [-0.25, -0.2) is 14.6 Å². The number of aryl methyl sites for hydroxylation is 1. The number of nitrogens with zero attached hydrogens (tertiary/aromatic N) is 3. The Balaban J connectivity index is 1.37. The second-order valence-corrected chi connectivity index (χ2v) is 8.31. The molecular weight excluding hydrogens is 434 g/mol. The lowest BCUT2D eigenvalue weighted by Gasteiger charge is -2.33. The number of benzene rings is 2. The van der Waals surface area contributed by atoms with Crippen LogP contribution in [-0.4, -0.2) is 47.8 Å². The number of anilines is 2. The summed E-state index contributed by atoms with van der Waals surface area (Å²) in [6.07, 6.45) is 2.27. The number of piperidine rings is 1. The lowest BCUT2D eigenvalue weighted by molar-refractivity contribution is 0.0600. The highest BCUT2D eigenvalue weighted by Gasteiger charge is 2.24. The molecule has 0 saturated carbocycles. The van der Waals surface area contributed by atoms with E-state index in [-0.39, 0.29) is 17.6 Å². The molecule has 178 valence electrons. The molecule has 0 radical (unpaired) electrons. The van der Waals surface area contributed by atoms with E-state index in [0.29, 0.717) is 49.5 Å². The molecule has 0 unspecified atom stereocenters. The maximum Gasteiger partial charge on any atom is 0.337 e. The van der Waals surface area contributed by atoms with Crippen LogP contribution in [0.25, 0.3) is 11.0 Å². The van der Waals surface area contributed by atoms with E-state index in [1.165, 1.54) is 7.11 Å². The van der Waals surface area contributed by atoms with Crippen molar-refractivity contribution in [2.75, 3.05) is 30.4 Å². The molecule has 3 aromatic rings. The van der Waals surface area contributed by atoms with Crippen LogP contribution in [0.2, 0.25) is 0 Å². The topological polar surface area (TPSA) is 106 Å². The van der Waals surface area contributed by atoms with Crippen molar-refractivity contribution in [1.29, 1.82) is 0 Å². The summed E-state index contributed by atoms with van der Waals surface area (Å²) in [5, 5.41) is 5.78. The van der Waals surface area contributed by atoms with Crippen molar-refractivity contribution in [2.24, 2.45) is 0 Å². The smallest absolute Gasteiger partial charge is 0.337 e. The summed E-state index contributed by atoms with van der Waals surface area (Å²) in [5.41, 5.74) is 2.59. The van der Waals surface area contributed by atoms with E-state index in [9.17, 15) is 14.4 Å². The summed E-state index contributed by atoms with van der Waals surface area (Å²) < 4.78 is 6.48. The predicted octanol–water partition coefficient (Wildman–Crippen LogP) is 3.38. The van der Waals surface area contributed by atoms with Crippen LogP contribution in [0.5, 0.6) is 0 Å². The van der Waals surface area contributed by atoms with Crippen molar-refractivity contribution < 1.29 is 14.3 Å². The summed E-state index contributed by atoms with van der Waals surface area (Å²) in [6.45, 7) is 3.96. The number of rotatable bonds is 6. The Bertz CT molecular complexity index is 1230. The molecule has 2 heterocycles. The van der Waals surface area contributed by atoms with Gasteiger partial charge in [0.25, 0.3) is 5.56 Å². The van der Waals surface area contributed by atoms with Crippen molar-refractivity contribution in [3.05, 3.63) is 64.4 Å². The zero-order valence-corrected chi connectivity index (χ0v) is 19.4. The fraction of sp³-hybridized carbons (Fsp3) is 0.360. The van der Waals surface area contributed by atoms with Gasteiger partial charge >= 0.3 is 12.0 Å². The van der Waals surface area contributed by atoms with Crippen LogP contribution in [0.3, 0.4) is 0 Å². The number of urea groups is 1. The van der Waals surface area contributed by atoms with Gasteiger partial charge in [-0.2, -0.15) is 0 Å². The van der Waals surface area contributed by atoms with Crippen LogP contribution in [0.4, 0.5) is 16.3 Å². The van der Waals surface area contributed by atoms with Gasteiger partial charge in [0, 0.05) is 31.4 Å². The molecule has 1 fully saturated rings. The van der Waals surface area contributed by atoms with E-state index in [1.54, 1.807) is 28.8 Å². The number of hydrogen-bond donors (Lipinski definition) is 2. The highest BCUT2D eigenvalue weighted by Crippen LogP contribution is 2.19. The molecule has 9 nitrogen and oxygen atoms in total. The van der Waals surface area contributed by atoms with Crippen LogP contribution >= 0.6 is 0 Å². The molecule has 2 aromatic carbocycles. The lowest BCUT2D eigenvalue weighted by atomic mass is 10.1. The Morgan fingerprint density at radius 1 is 1.09 bits per heavy atom. The van der Waals surface area contributed by atoms with Gasteiger partial charge in [-0.15, -0.1) is 0 Å². The number of ether oxygens (including phenoxy) is 1. The summed E-state index contributed by atoms with van der Waals surface area (Å²) in [6, 6.07) is 13.9. The first-order valence-electron chi connectivity index (χ1n) is 11.5. The van der Waals surface area contributed by atoms with Gasteiger partial charge in [0.05, 0.1) is 23.7 Å². The van der Waals surface area contributed by atoms with Crippen LogP contribution < -0.4 is 21.1 Å². The molecule has 1 aliphatic rings. The number of carbonyl (C=O) groups is 2. The van der Waals surface area contributed by atoms with Gasteiger partial charge in [-0.3, -0.25) is 4.79 Å². The Morgan fingerprint density at radius 2 is 1.79 bits per heavy atom. The minimum atomic E-state index is -0.426. The minimum absolute atomic E-state index is 0.0103. The normalized spacial score (nSPS) is 14.1. The van der Waals surface area contributed by atoms with Crippen molar-refractivity contribution >= 4 is 34.5 Å². The number of para-hydroxylation sites is 2. The second kappa shape index (κ2) is 10.4. The van der Waals surface area contributed by atoms with Crippen LogP contribution in [0.1, 0.15) is 36.5 Å². The zero-order chi connectivity index (χ0) is 24.1. The average Bonchev–Trinajstić information content (AvgIpc) is 2.86. The third kappa shape index (κ3) is 5.03. The molecule has 9 heteroatoms. The molecule has 1 aromatic heterocycles. The van der Waals surface area contributed by atoms with Gasteiger partial charge in [0.2, 0.25) is 0 Å². The summed E-state index contributed by atoms with van der Waals surface area (Å²) in [5.74, 6) is 0.0471. The molecule has 4 rings (SSSR count). The number of hydrogen-bond acceptors (Lipinski definition) is 6. The molecule has 0 spiro atoms.